The van der Waals surface area contributed by atoms with E-state index in [9.17, 15) is 10.1 Å². The number of nitriles is 1. The van der Waals surface area contributed by atoms with E-state index in [4.69, 9.17) is 16.3 Å². The quantitative estimate of drug-likeness (QED) is 0.651. The van der Waals surface area contributed by atoms with Gasteiger partial charge in [-0.05, 0) is 42.7 Å². The third-order valence-corrected chi connectivity index (χ3v) is 4.44. The number of carbonyl (C=O) groups excluding carboxylic acids is 1. The van der Waals surface area contributed by atoms with E-state index < -0.39 is 5.91 Å². The Hall–Kier alpha value is -2.97. The first-order chi connectivity index (χ1) is 12.6. The molecule has 0 aromatic heterocycles. The van der Waals surface area contributed by atoms with Crippen LogP contribution in [0.15, 0.2) is 54.2 Å². The molecule has 132 valence electrons. The molecule has 0 unspecified atom stereocenters. The summed E-state index contributed by atoms with van der Waals surface area (Å²) in [6.45, 7) is 0.760. The van der Waals surface area contributed by atoms with E-state index in [2.05, 4.69) is 11.4 Å². The summed E-state index contributed by atoms with van der Waals surface area (Å²) < 4.78 is 5.22. The molecule has 2 aromatic rings. The zero-order valence-corrected chi connectivity index (χ0v) is 15.1. The van der Waals surface area contributed by atoms with Gasteiger partial charge in [0.15, 0.2) is 0 Å². The molecule has 0 bridgehead atoms. The van der Waals surface area contributed by atoms with Gasteiger partial charge in [0.1, 0.15) is 17.4 Å². The third kappa shape index (κ3) is 3.81. The molecule has 1 N–H and O–H groups in total. The number of halogens is 1. The molecule has 0 atom stereocenters. The monoisotopic (exact) mass is 367 g/mol. The van der Waals surface area contributed by atoms with Crippen LogP contribution in [0.4, 0.5) is 11.4 Å². The molecule has 3 rings (SSSR count). The molecule has 0 fully saturated rings. The summed E-state index contributed by atoms with van der Waals surface area (Å²) in [6.07, 6.45) is 3.56. The average molecular weight is 368 g/mol. The van der Waals surface area contributed by atoms with Gasteiger partial charge in [0.05, 0.1) is 12.8 Å². The molecule has 0 saturated carbocycles. The lowest BCUT2D eigenvalue weighted by molar-refractivity contribution is -0.112. The Balaban J connectivity index is 1.86. The maximum atomic E-state index is 12.6. The van der Waals surface area contributed by atoms with Crippen LogP contribution < -0.4 is 15.0 Å². The smallest absolute Gasteiger partial charge is 0.267 e. The highest BCUT2D eigenvalue weighted by molar-refractivity contribution is 6.31. The zero-order valence-electron chi connectivity index (χ0n) is 14.3. The fourth-order valence-corrected chi connectivity index (χ4v) is 3.13. The first-order valence-electron chi connectivity index (χ1n) is 8.23. The number of ether oxygens (including phenoxy) is 1. The number of nitrogens with zero attached hydrogens (tertiary/aromatic N) is 2. The van der Waals surface area contributed by atoms with E-state index in [-0.39, 0.29) is 5.57 Å². The third-order valence-electron chi connectivity index (χ3n) is 4.21. The van der Waals surface area contributed by atoms with Gasteiger partial charge in [-0.2, -0.15) is 5.26 Å². The molecular weight excluding hydrogens is 350 g/mol. The fraction of sp³-hybridized carbons (Fsp3) is 0.200. The van der Waals surface area contributed by atoms with Crippen LogP contribution in [0.25, 0.3) is 0 Å². The summed E-state index contributed by atoms with van der Waals surface area (Å²) in [5, 5.41) is 12.6. The number of para-hydroxylation sites is 1. The highest BCUT2D eigenvalue weighted by Crippen LogP contribution is 2.29. The van der Waals surface area contributed by atoms with Crippen LogP contribution >= 0.6 is 11.6 Å². The number of fused-ring (bicyclic) bond motifs is 1. The van der Waals surface area contributed by atoms with Crippen LogP contribution in [-0.2, 0) is 11.2 Å². The number of amides is 1. The van der Waals surface area contributed by atoms with Gasteiger partial charge in [-0.3, -0.25) is 4.79 Å². The van der Waals surface area contributed by atoms with E-state index >= 15 is 0 Å². The molecule has 0 saturated heterocycles. The molecule has 1 amide bonds. The first-order valence-corrected chi connectivity index (χ1v) is 8.61. The minimum atomic E-state index is -0.504. The van der Waals surface area contributed by atoms with E-state index in [0.29, 0.717) is 16.5 Å². The van der Waals surface area contributed by atoms with Gasteiger partial charge in [0.2, 0.25) is 0 Å². The van der Waals surface area contributed by atoms with Crippen LogP contribution in [0.1, 0.15) is 12.0 Å². The maximum Gasteiger partial charge on any atom is 0.267 e. The number of nitrogens with one attached hydrogen (secondary N) is 1. The standard InChI is InChI=1S/C20H18ClN3O2/c1-26-19-9-8-16(21)11-17(19)23-20(25)15(12-22)13-24-10-4-6-14-5-2-3-7-18(14)24/h2-3,5,7-9,11,13H,4,6,10H2,1H3,(H,23,25)/b15-13-. The molecule has 1 aliphatic rings. The Bertz CT molecular complexity index is 902. The van der Waals surface area contributed by atoms with Gasteiger partial charge in [-0.1, -0.05) is 29.8 Å². The minimum absolute atomic E-state index is 0.0173. The van der Waals surface area contributed by atoms with Gasteiger partial charge in [0, 0.05) is 23.5 Å². The van der Waals surface area contributed by atoms with Crippen molar-refractivity contribution in [1.82, 2.24) is 0 Å². The number of anilines is 2. The van der Waals surface area contributed by atoms with E-state index in [0.717, 1.165) is 25.1 Å². The highest BCUT2D eigenvalue weighted by Gasteiger charge is 2.18. The van der Waals surface area contributed by atoms with Crippen molar-refractivity contribution in [3.05, 3.63) is 64.8 Å². The zero-order chi connectivity index (χ0) is 18.5. The van der Waals surface area contributed by atoms with Crippen LogP contribution in [0, 0.1) is 11.3 Å². The summed E-state index contributed by atoms with van der Waals surface area (Å²) >= 11 is 5.99. The van der Waals surface area contributed by atoms with Crippen LogP contribution in [0.5, 0.6) is 5.75 Å². The van der Waals surface area contributed by atoms with Crippen LogP contribution in [0.2, 0.25) is 5.02 Å². The summed E-state index contributed by atoms with van der Waals surface area (Å²) in [5.74, 6) is -0.0283. The molecule has 6 heteroatoms. The van der Waals surface area contributed by atoms with Crippen molar-refractivity contribution in [3.8, 4) is 11.8 Å². The molecule has 0 radical (unpaired) electrons. The molecule has 1 heterocycles. The van der Waals surface area contributed by atoms with E-state index in [1.165, 1.54) is 12.7 Å². The Morgan fingerprint density at radius 2 is 2.15 bits per heavy atom. The topological polar surface area (TPSA) is 65.4 Å². The van der Waals surface area contributed by atoms with Crippen LogP contribution in [-0.4, -0.2) is 19.6 Å². The maximum absolute atomic E-state index is 12.6. The lowest BCUT2D eigenvalue weighted by Gasteiger charge is -2.28. The van der Waals surface area contributed by atoms with Crippen molar-refractivity contribution in [1.29, 1.82) is 5.26 Å². The first kappa shape index (κ1) is 17.8. The summed E-state index contributed by atoms with van der Waals surface area (Å²) in [7, 11) is 1.50. The van der Waals surface area contributed by atoms with Crippen molar-refractivity contribution in [2.45, 2.75) is 12.8 Å². The number of benzene rings is 2. The molecule has 0 spiro atoms. The Morgan fingerprint density at radius 1 is 1.35 bits per heavy atom. The van der Waals surface area contributed by atoms with Gasteiger partial charge >= 0.3 is 0 Å². The Labute approximate surface area is 157 Å². The van der Waals surface area contributed by atoms with Crippen molar-refractivity contribution >= 4 is 28.9 Å². The van der Waals surface area contributed by atoms with Gasteiger partial charge < -0.3 is 15.0 Å². The second-order valence-corrected chi connectivity index (χ2v) is 6.32. The van der Waals surface area contributed by atoms with Crippen molar-refractivity contribution < 1.29 is 9.53 Å². The van der Waals surface area contributed by atoms with Crippen molar-refractivity contribution in [2.24, 2.45) is 0 Å². The van der Waals surface area contributed by atoms with Crippen molar-refractivity contribution in [3.63, 3.8) is 0 Å². The van der Waals surface area contributed by atoms with E-state index in [1.54, 1.807) is 24.4 Å². The summed E-state index contributed by atoms with van der Waals surface area (Å²) in [6, 6.07) is 14.9. The number of carbonyl (C=O) groups is 1. The highest BCUT2D eigenvalue weighted by atomic mass is 35.5. The molecule has 1 aliphatic heterocycles. The van der Waals surface area contributed by atoms with Crippen molar-refractivity contribution in [2.75, 3.05) is 23.9 Å². The Kier molecular flexibility index (Phi) is 5.45. The SMILES string of the molecule is COc1ccc(Cl)cc1NC(=O)/C(C#N)=C\N1CCCc2ccccc21. The number of hydrogen-bond donors (Lipinski definition) is 1. The normalized spacial score (nSPS) is 13.6. The molecular formula is C20H18ClN3O2. The molecule has 26 heavy (non-hydrogen) atoms. The lowest BCUT2D eigenvalue weighted by Crippen LogP contribution is -2.26. The second-order valence-electron chi connectivity index (χ2n) is 5.88. The molecule has 0 aliphatic carbocycles. The lowest BCUT2D eigenvalue weighted by atomic mass is 10.0. The predicted molar refractivity (Wildman–Crippen MR) is 102 cm³/mol. The number of rotatable bonds is 4. The summed E-state index contributed by atoms with van der Waals surface area (Å²) in [5.41, 5.74) is 2.68. The largest absolute Gasteiger partial charge is 0.495 e. The molecule has 2 aromatic carbocycles. The number of aryl methyl sites for hydroxylation is 1. The fourth-order valence-electron chi connectivity index (χ4n) is 2.96. The number of methoxy groups -OCH3 is 1. The predicted octanol–water partition coefficient (Wildman–Crippen LogP) is 4.15. The Morgan fingerprint density at radius 3 is 2.92 bits per heavy atom. The molecule has 5 nitrogen and oxygen atoms in total. The van der Waals surface area contributed by atoms with Gasteiger partial charge in [0.25, 0.3) is 5.91 Å². The van der Waals surface area contributed by atoms with Gasteiger partial charge in [-0.15, -0.1) is 0 Å². The summed E-state index contributed by atoms with van der Waals surface area (Å²) in [4.78, 5) is 14.5. The second kappa shape index (κ2) is 7.94. The van der Waals surface area contributed by atoms with Crippen LogP contribution in [0.3, 0.4) is 0 Å². The number of hydrogen-bond acceptors (Lipinski definition) is 4. The van der Waals surface area contributed by atoms with Gasteiger partial charge in [-0.25, -0.2) is 0 Å². The minimum Gasteiger partial charge on any atom is -0.495 e. The average Bonchev–Trinajstić information content (AvgIpc) is 2.66. The van der Waals surface area contributed by atoms with E-state index in [1.807, 2.05) is 29.2 Å².